The first-order valence-electron chi connectivity index (χ1n) is 8.09. The number of benzene rings is 1. The Labute approximate surface area is 146 Å². The zero-order valence-corrected chi connectivity index (χ0v) is 14.0. The van der Waals surface area contributed by atoms with Crippen LogP contribution in [0.15, 0.2) is 40.8 Å². The number of nitrogens with zero attached hydrogens (tertiary/aromatic N) is 3. The molecule has 0 radical (unpaired) electrons. The number of hydrazone groups is 1. The molecule has 0 unspecified atom stereocenters. The Bertz CT molecular complexity index is 805. The largest absolute Gasteiger partial charge is 0.439 e. The summed E-state index contributed by atoms with van der Waals surface area (Å²) >= 11 is 1.05. The van der Waals surface area contributed by atoms with Crippen molar-refractivity contribution in [2.45, 2.75) is 37.6 Å². The van der Waals surface area contributed by atoms with Crippen LogP contribution in [0.1, 0.15) is 25.7 Å². The molecule has 1 aromatic heterocycles. The Morgan fingerprint density at radius 3 is 2.68 bits per heavy atom. The number of aliphatic hydroxyl groups is 1. The molecular weight excluding hydrogens is 351 g/mol. The number of anilines is 1. The van der Waals surface area contributed by atoms with Crippen molar-refractivity contribution in [2.75, 3.05) is 5.01 Å². The van der Waals surface area contributed by atoms with Gasteiger partial charge in [0.2, 0.25) is 5.13 Å². The number of aromatic nitrogens is 1. The molecule has 1 N–H and O–H groups in total. The third-order valence-corrected chi connectivity index (χ3v) is 5.59. The summed E-state index contributed by atoms with van der Waals surface area (Å²) in [6.07, 6.45) is -2.61. The lowest BCUT2D eigenvalue weighted by Crippen LogP contribution is -2.60. The maximum Gasteiger partial charge on any atom is 0.439 e. The van der Waals surface area contributed by atoms with Gasteiger partial charge in [-0.1, -0.05) is 36.8 Å². The Hall–Kier alpha value is -1.93. The molecule has 4 rings (SSSR count). The zero-order valence-electron chi connectivity index (χ0n) is 13.2. The minimum Gasteiger partial charge on any atom is -0.362 e. The van der Waals surface area contributed by atoms with Gasteiger partial charge in [-0.25, -0.2) is 4.98 Å². The van der Waals surface area contributed by atoms with Crippen LogP contribution in [0.2, 0.25) is 0 Å². The quantitative estimate of drug-likeness (QED) is 0.854. The summed E-state index contributed by atoms with van der Waals surface area (Å²) < 4.78 is 41.4. The van der Waals surface area contributed by atoms with E-state index in [-0.39, 0.29) is 11.6 Å². The van der Waals surface area contributed by atoms with Crippen molar-refractivity contribution in [1.82, 2.24) is 4.98 Å². The van der Waals surface area contributed by atoms with Crippen molar-refractivity contribution in [3.8, 4) is 11.3 Å². The van der Waals surface area contributed by atoms with E-state index < -0.39 is 17.8 Å². The molecule has 25 heavy (non-hydrogen) atoms. The van der Waals surface area contributed by atoms with E-state index in [0.717, 1.165) is 23.3 Å². The molecule has 0 amide bonds. The highest BCUT2D eigenvalue weighted by Gasteiger charge is 2.67. The first-order chi connectivity index (χ1) is 11.9. The molecule has 8 heteroatoms. The number of hydrogen-bond acceptors (Lipinski definition) is 5. The van der Waals surface area contributed by atoms with Gasteiger partial charge in [-0.15, -0.1) is 11.3 Å². The number of fused-ring (bicyclic) bond motifs is 1. The van der Waals surface area contributed by atoms with Crippen LogP contribution in [0.5, 0.6) is 0 Å². The molecule has 1 saturated carbocycles. The van der Waals surface area contributed by atoms with Crippen molar-refractivity contribution in [2.24, 2.45) is 11.0 Å². The Morgan fingerprint density at radius 1 is 1.20 bits per heavy atom. The average molecular weight is 367 g/mol. The van der Waals surface area contributed by atoms with Gasteiger partial charge < -0.3 is 5.11 Å². The van der Waals surface area contributed by atoms with E-state index in [2.05, 4.69) is 10.1 Å². The zero-order chi connectivity index (χ0) is 17.7. The Balaban J connectivity index is 1.75. The second-order valence-electron chi connectivity index (χ2n) is 6.31. The SMILES string of the molecule is O[C@]1(C(F)(F)F)[C@@H]2CCCCC2=NN1c1nc(-c2ccccc2)cs1. The first-order valence-corrected chi connectivity index (χ1v) is 8.97. The number of rotatable bonds is 2. The van der Waals surface area contributed by atoms with E-state index in [1.807, 2.05) is 30.3 Å². The number of thiazole rings is 1. The molecule has 0 bridgehead atoms. The molecule has 2 atom stereocenters. The van der Waals surface area contributed by atoms with E-state index in [1.165, 1.54) is 0 Å². The van der Waals surface area contributed by atoms with Gasteiger partial charge in [0.05, 0.1) is 11.6 Å². The lowest BCUT2D eigenvalue weighted by Gasteiger charge is -2.38. The van der Waals surface area contributed by atoms with Gasteiger partial charge in [0, 0.05) is 16.7 Å². The highest BCUT2D eigenvalue weighted by Crippen LogP contribution is 2.50. The summed E-state index contributed by atoms with van der Waals surface area (Å²) in [7, 11) is 0. The molecule has 1 fully saturated rings. The molecular formula is C17H16F3N3OS. The maximum absolute atomic E-state index is 13.8. The fraction of sp³-hybridized carbons (Fsp3) is 0.412. The van der Waals surface area contributed by atoms with E-state index >= 15 is 0 Å². The molecule has 4 nitrogen and oxygen atoms in total. The Morgan fingerprint density at radius 2 is 1.96 bits per heavy atom. The van der Waals surface area contributed by atoms with Gasteiger partial charge in [0.25, 0.3) is 5.72 Å². The van der Waals surface area contributed by atoms with Gasteiger partial charge in [-0.05, 0) is 19.3 Å². The van der Waals surface area contributed by atoms with Crippen molar-refractivity contribution >= 4 is 22.2 Å². The molecule has 0 spiro atoms. The van der Waals surface area contributed by atoms with Gasteiger partial charge >= 0.3 is 6.18 Å². The molecule has 1 aromatic carbocycles. The predicted molar refractivity (Wildman–Crippen MR) is 90.4 cm³/mol. The molecule has 2 aromatic rings. The maximum atomic E-state index is 13.8. The minimum atomic E-state index is -4.82. The summed E-state index contributed by atoms with van der Waals surface area (Å²) in [4.78, 5) is 4.31. The lowest BCUT2D eigenvalue weighted by molar-refractivity contribution is -0.269. The Kier molecular flexibility index (Phi) is 3.84. The first kappa shape index (κ1) is 16.5. The standard InChI is InChI=1S/C17H16F3N3OS/c18-17(19,20)16(24)12-8-4-5-9-13(12)22-23(16)15-21-14(10-25-15)11-6-2-1-3-7-11/h1-3,6-7,10,12,24H,4-5,8-9H2/t12-,16+/m1/s1. The van der Waals surface area contributed by atoms with Crippen LogP contribution < -0.4 is 5.01 Å². The van der Waals surface area contributed by atoms with Crippen molar-refractivity contribution in [1.29, 1.82) is 0 Å². The smallest absolute Gasteiger partial charge is 0.362 e. The van der Waals surface area contributed by atoms with Crippen molar-refractivity contribution in [3.63, 3.8) is 0 Å². The molecule has 2 heterocycles. The van der Waals surface area contributed by atoms with Gasteiger partial charge in [-0.3, -0.25) is 0 Å². The van der Waals surface area contributed by atoms with E-state index in [4.69, 9.17) is 0 Å². The monoisotopic (exact) mass is 367 g/mol. The lowest BCUT2D eigenvalue weighted by atomic mass is 9.80. The molecule has 1 aliphatic heterocycles. The van der Waals surface area contributed by atoms with E-state index in [0.29, 0.717) is 29.3 Å². The minimum absolute atomic E-state index is 0.0561. The fourth-order valence-corrected chi connectivity index (χ4v) is 4.35. The van der Waals surface area contributed by atoms with Crippen molar-refractivity contribution < 1.29 is 18.3 Å². The van der Waals surface area contributed by atoms with Crippen LogP contribution >= 0.6 is 11.3 Å². The second kappa shape index (κ2) is 5.81. The molecule has 0 saturated heterocycles. The average Bonchev–Trinajstić information content (AvgIpc) is 3.19. The summed E-state index contributed by atoms with van der Waals surface area (Å²) in [5.41, 5.74) is -1.22. The summed E-state index contributed by atoms with van der Waals surface area (Å²) in [5, 5.41) is 17.2. The van der Waals surface area contributed by atoms with Gasteiger partial charge in [-0.2, -0.15) is 23.3 Å². The highest BCUT2D eigenvalue weighted by molar-refractivity contribution is 7.14. The predicted octanol–water partition coefficient (Wildman–Crippen LogP) is 4.43. The van der Waals surface area contributed by atoms with Gasteiger partial charge in [0.15, 0.2) is 0 Å². The van der Waals surface area contributed by atoms with Crippen LogP contribution in [0.3, 0.4) is 0 Å². The molecule has 2 aliphatic rings. The van der Waals surface area contributed by atoms with E-state index in [1.54, 1.807) is 5.38 Å². The van der Waals surface area contributed by atoms with Gasteiger partial charge in [0.1, 0.15) is 0 Å². The van der Waals surface area contributed by atoms with Crippen molar-refractivity contribution in [3.05, 3.63) is 35.7 Å². The van der Waals surface area contributed by atoms with Crippen LogP contribution in [-0.2, 0) is 0 Å². The third-order valence-electron chi connectivity index (χ3n) is 4.78. The fourth-order valence-electron chi connectivity index (χ4n) is 3.51. The van der Waals surface area contributed by atoms with Crippen LogP contribution in [-0.4, -0.2) is 27.7 Å². The summed E-state index contributed by atoms with van der Waals surface area (Å²) in [6.45, 7) is 0. The van der Waals surface area contributed by atoms with Crippen LogP contribution in [0.25, 0.3) is 11.3 Å². The molecule has 132 valence electrons. The third kappa shape index (κ3) is 2.55. The molecule has 1 aliphatic carbocycles. The normalized spacial score (nSPS) is 26.5. The number of alkyl halides is 3. The number of hydrogen-bond donors (Lipinski definition) is 1. The topological polar surface area (TPSA) is 48.7 Å². The van der Waals surface area contributed by atoms with Crippen LogP contribution in [0.4, 0.5) is 18.3 Å². The second-order valence-corrected chi connectivity index (χ2v) is 7.14. The van der Waals surface area contributed by atoms with E-state index in [9.17, 15) is 18.3 Å². The summed E-state index contributed by atoms with van der Waals surface area (Å²) in [5.74, 6) is -1.02. The van der Waals surface area contributed by atoms with Crippen LogP contribution in [0, 0.1) is 5.92 Å². The summed E-state index contributed by atoms with van der Waals surface area (Å²) in [6, 6.07) is 9.21. The number of halogens is 3. The highest BCUT2D eigenvalue weighted by atomic mass is 32.1.